The van der Waals surface area contributed by atoms with Gasteiger partial charge >= 0.3 is 0 Å². The van der Waals surface area contributed by atoms with Crippen LogP contribution in [0.15, 0.2) is 35.1 Å². The summed E-state index contributed by atoms with van der Waals surface area (Å²) in [4.78, 5) is 20.3. The number of aromatic nitrogens is 2. The first-order chi connectivity index (χ1) is 13.6. The smallest absolute Gasteiger partial charge is 0.262 e. The van der Waals surface area contributed by atoms with Crippen molar-refractivity contribution in [3.63, 3.8) is 0 Å². The summed E-state index contributed by atoms with van der Waals surface area (Å²) >= 11 is 0. The Morgan fingerprint density at radius 3 is 2.61 bits per heavy atom. The molecule has 0 radical (unpaired) electrons. The third-order valence-electron chi connectivity index (χ3n) is 7.08. The van der Waals surface area contributed by atoms with Crippen LogP contribution in [0, 0.1) is 5.41 Å². The topological polar surface area (TPSA) is 88.2 Å². The molecule has 7 heteroatoms. The number of anilines is 2. The molecule has 2 aliphatic heterocycles. The zero-order valence-electron chi connectivity index (χ0n) is 16.3. The van der Waals surface area contributed by atoms with Crippen molar-refractivity contribution in [2.45, 2.75) is 44.2 Å². The van der Waals surface area contributed by atoms with Crippen LogP contribution in [0.4, 0.5) is 11.8 Å². The Labute approximate surface area is 164 Å². The van der Waals surface area contributed by atoms with E-state index in [9.17, 15) is 4.79 Å². The Bertz CT molecular complexity index is 932. The number of rotatable bonds is 2. The lowest BCUT2D eigenvalue weighted by Gasteiger charge is -2.42. The van der Waals surface area contributed by atoms with Crippen molar-refractivity contribution >= 4 is 11.8 Å². The average Bonchev–Trinajstić information content (AvgIpc) is 3.30. The average molecular weight is 380 g/mol. The fourth-order valence-electron chi connectivity index (χ4n) is 5.29. The van der Waals surface area contributed by atoms with Crippen molar-refractivity contribution < 1.29 is 0 Å². The molecule has 1 unspecified atom stereocenters. The van der Waals surface area contributed by atoms with Crippen LogP contribution in [-0.4, -0.2) is 28.7 Å². The molecule has 2 atom stereocenters. The highest BCUT2D eigenvalue weighted by Gasteiger charge is 2.43. The maximum atomic E-state index is 13.2. The predicted octanol–water partition coefficient (Wildman–Crippen LogP) is 1.90. The molecule has 2 aromatic rings. The van der Waals surface area contributed by atoms with E-state index >= 15 is 0 Å². The number of hydrogen-bond acceptors (Lipinski definition) is 6. The summed E-state index contributed by atoms with van der Waals surface area (Å²) in [7, 11) is 1.83. The lowest BCUT2D eigenvalue weighted by molar-refractivity contribution is 0.196. The summed E-state index contributed by atoms with van der Waals surface area (Å²) in [5.74, 6) is 1.39. The predicted molar refractivity (Wildman–Crippen MR) is 110 cm³/mol. The summed E-state index contributed by atoms with van der Waals surface area (Å²) in [6, 6.07) is 10.1. The van der Waals surface area contributed by atoms with Gasteiger partial charge in [-0.3, -0.25) is 9.36 Å². The van der Waals surface area contributed by atoms with Crippen molar-refractivity contribution in [3.8, 4) is 0 Å². The van der Waals surface area contributed by atoms with Crippen LogP contribution in [0.1, 0.15) is 49.3 Å². The van der Waals surface area contributed by atoms with E-state index in [4.69, 9.17) is 10.7 Å². The molecule has 0 bridgehead atoms. The van der Waals surface area contributed by atoms with Crippen LogP contribution < -0.4 is 27.0 Å². The number of nitrogens with zero attached hydrogens (tertiary/aromatic N) is 3. The fraction of sp³-hybridized carbons (Fsp3) is 0.524. The summed E-state index contributed by atoms with van der Waals surface area (Å²) in [5.41, 5.74) is 14.8. The van der Waals surface area contributed by atoms with Gasteiger partial charge in [0, 0.05) is 26.2 Å². The molecule has 3 heterocycles. The molecule has 7 nitrogen and oxygen atoms in total. The Morgan fingerprint density at radius 1 is 1.18 bits per heavy atom. The third kappa shape index (κ3) is 2.64. The van der Waals surface area contributed by atoms with Crippen LogP contribution in [0.5, 0.6) is 0 Å². The number of hydrazine groups is 1. The molecule has 1 saturated heterocycles. The van der Waals surface area contributed by atoms with E-state index in [1.165, 1.54) is 12.8 Å². The number of piperidine rings is 1. The molecule has 28 heavy (non-hydrogen) atoms. The molecular weight excluding hydrogens is 352 g/mol. The number of hydrogen-bond donors (Lipinski definition) is 3. The van der Waals surface area contributed by atoms with Gasteiger partial charge in [-0.05, 0) is 36.7 Å². The highest BCUT2D eigenvalue weighted by Crippen LogP contribution is 2.46. The van der Waals surface area contributed by atoms with Gasteiger partial charge in [0.15, 0.2) is 5.82 Å². The van der Waals surface area contributed by atoms with Crippen LogP contribution in [0.2, 0.25) is 0 Å². The first-order valence-corrected chi connectivity index (χ1v) is 10.3. The van der Waals surface area contributed by atoms with E-state index in [-0.39, 0.29) is 11.6 Å². The molecular formula is C21H28N6O. The molecule has 1 aromatic carbocycles. The molecule has 1 aliphatic carbocycles. The minimum absolute atomic E-state index is 0.00390. The maximum absolute atomic E-state index is 13.2. The van der Waals surface area contributed by atoms with E-state index in [1.54, 1.807) is 4.57 Å². The molecule has 1 saturated carbocycles. The maximum Gasteiger partial charge on any atom is 0.262 e. The quantitative estimate of drug-likeness (QED) is 0.738. The lowest BCUT2D eigenvalue weighted by Crippen LogP contribution is -2.48. The zero-order valence-corrected chi connectivity index (χ0v) is 16.3. The Morgan fingerprint density at radius 2 is 1.93 bits per heavy atom. The molecule has 148 valence electrons. The van der Waals surface area contributed by atoms with Crippen molar-refractivity contribution in [2.24, 2.45) is 18.2 Å². The van der Waals surface area contributed by atoms with E-state index < -0.39 is 0 Å². The molecule has 3 aliphatic rings. The van der Waals surface area contributed by atoms with Crippen LogP contribution in [0.25, 0.3) is 0 Å². The van der Waals surface area contributed by atoms with E-state index in [0.717, 1.165) is 43.9 Å². The van der Waals surface area contributed by atoms with E-state index in [2.05, 4.69) is 15.8 Å². The Balaban J connectivity index is 1.44. The largest absolute Gasteiger partial charge is 0.342 e. The van der Waals surface area contributed by atoms with Gasteiger partial charge < -0.3 is 16.1 Å². The molecule has 4 N–H and O–H groups in total. The van der Waals surface area contributed by atoms with Crippen molar-refractivity contribution in [1.82, 2.24) is 15.0 Å². The van der Waals surface area contributed by atoms with Crippen LogP contribution in [0.3, 0.4) is 0 Å². The molecule has 1 aromatic heterocycles. The summed E-state index contributed by atoms with van der Waals surface area (Å²) in [5, 5.41) is 0. The number of fused-ring (bicyclic) bond motifs is 1. The molecule has 1 spiro atoms. The highest BCUT2D eigenvalue weighted by atomic mass is 16.1. The lowest BCUT2D eigenvalue weighted by atomic mass is 9.74. The summed E-state index contributed by atoms with van der Waals surface area (Å²) in [6.45, 7) is 1.81. The molecule has 0 amide bonds. The normalized spacial score (nSPS) is 25.7. The first-order valence-electron chi connectivity index (χ1n) is 10.3. The van der Waals surface area contributed by atoms with Gasteiger partial charge in [-0.25, -0.2) is 5.43 Å². The van der Waals surface area contributed by atoms with Gasteiger partial charge in [-0.1, -0.05) is 36.8 Å². The number of benzene rings is 1. The third-order valence-corrected chi connectivity index (χ3v) is 7.08. The van der Waals surface area contributed by atoms with Crippen LogP contribution >= 0.6 is 0 Å². The highest BCUT2D eigenvalue weighted by molar-refractivity contribution is 5.56. The molecule has 5 rings (SSSR count). The zero-order chi connectivity index (χ0) is 19.3. The van der Waals surface area contributed by atoms with Gasteiger partial charge in [0.25, 0.3) is 5.56 Å². The van der Waals surface area contributed by atoms with Gasteiger partial charge in [0.1, 0.15) is 0 Å². The standard InChI is InChI=1S/C21H28N6O/c1-26-19(28)16-17(14-6-3-2-4-7-14)24-25-18(16)23-20(26)27-12-10-21(11-13-27)9-5-8-15(21)22/h2-4,6-7,15,17,24-25H,5,8-13,22H2,1H3/t15-,17?/m1/s1. The SMILES string of the molecule is Cn1c(N2CCC3(CCC[C@H]3N)CC2)nc2c(c1=O)C(c1ccccc1)NN2. The van der Waals surface area contributed by atoms with E-state index in [1.807, 2.05) is 37.4 Å². The van der Waals surface area contributed by atoms with Crippen molar-refractivity contribution in [3.05, 3.63) is 51.8 Å². The first kappa shape index (κ1) is 17.7. The van der Waals surface area contributed by atoms with Gasteiger partial charge in [0.05, 0.1) is 11.6 Å². The van der Waals surface area contributed by atoms with Gasteiger partial charge in [-0.2, -0.15) is 4.98 Å². The van der Waals surface area contributed by atoms with Crippen molar-refractivity contribution in [2.75, 3.05) is 23.4 Å². The minimum atomic E-state index is -0.183. The van der Waals surface area contributed by atoms with Gasteiger partial charge in [0.2, 0.25) is 5.95 Å². The number of nitrogens with two attached hydrogens (primary N) is 1. The fourth-order valence-corrected chi connectivity index (χ4v) is 5.29. The van der Waals surface area contributed by atoms with Crippen molar-refractivity contribution in [1.29, 1.82) is 0 Å². The summed E-state index contributed by atoms with van der Waals surface area (Å²) < 4.78 is 1.70. The second-order valence-corrected chi connectivity index (χ2v) is 8.50. The summed E-state index contributed by atoms with van der Waals surface area (Å²) in [6.07, 6.45) is 5.79. The monoisotopic (exact) mass is 380 g/mol. The van der Waals surface area contributed by atoms with E-state index in [0.29, 0.717) is 22.8 Å². The minimum Gasteiger partial charge on any atom is -0.342 e. The van der Waals surface area contributed by atoms with Crippen LogP contribution in [-0.2, 0) is 7.05 Å². The molecule has 2 fully saturated rings. The Hall–Kier alpha value is -2.38. The second kappa shape index (κ2) is 6.60. The Kier molecular flexibility index (Phi) is 4.17. The second-order valence-electron chi connectivity index (χ2n) is 8.50. The number of nitrogens with one attached hydrogen (secondary N) is 2. The van der Waals surface area contributed by atoms with Gasteiger partial charge in [-0.15, -0.1) is 0 Å².